The highest BCUT2D eigenvalue weighted by Gasteiger charge is 2.20. The monoisotopic (exact) mass is 489 g/mol. The topological polar surface area (TPSA) is 87.3 Å². The highest BCUT2D eigenvalue weighted by atomic mass is 32.2. The van der Waals surface area contributed by atoms with Crippen molar-refractivity contribution in [3.05, 3.63) is 81.8 Å². The number of aryl methyl sites for hydroxylation is 2. The number of nitrogens with zero attached hydrogens (tertiary/aromatic N) is 5. The van der Waals surface area contributed by atoms with E-state index in [-0.39, 0.29) is 17.1 Å². The summed E-state index contributed by atoms with van der Waals surface area (Å²) in [6, 6.07) is 13.2. The molecule has 0 unspecified atom stereocenters. The first-order valence-corrected chi connectivity index (χ1v) is 12.7. The number of carbonyl (C=O) groups excluding carboxylic acids is 1. The first-order chi connectivity index (χ1) is 17.0. The Morgan fingerprint density at radius 3 is 2.69 bits per heavy atom. The lowest BCUT2D eigenvalue weighted by molar-refractivity contribution is 0.102. The lowest BCUT2D eigenvalue weighted by Crippen LogP contribution is -2.23. The smallest absolute Gasteiger partial charge is 0.262 e. The Labute approximate surface area is 206 Å². The van der Waals surface area contributed by atoms with Gasteiger partial charge in [-0.05, 0) is 50.6 Å². The molecule has 4 aromatic heterocycles. The molecule has 180 valence electrons. The molecule has 0 saturated heterocycles. The van der Waals surface area contributed by atoms with E-state index in [1.165, 1.54) is 11.8 Å². The number of aromatic nitrogens is 5. The van der Waals surface area contributed by atoms with Gasteiger partial charge in [0.1, 0.15) is 5.76 Å². The van der Waals surface area contributed by atoms with E-state index >= 15 is 0 Å². The number of thioether (sulfide) groups is 1. The number of hydrogen-bond donors (Lipinski definition) is 0. The van der Waals surface area contributed by atoms with Gasteiger partial charge in [-0.2, -0.15) is 0 Å². The van der Waals surface area contributed by atoms with Gasteiger partial charge in [-0.25, -0.2) is 0 Å². The third kappa shape index (κ3) is 4.20. The summed E-state index contributed by atoms with van der Waals surface area (Å²) in [5, 5.41) is 9.92. The van der Waals surface area contributed by atoms with E-state index in [1.54, 1.807) is 10.8 Å². The summed E-state index contributed by atoms with van der Waals surface area (Å²) in [5.41, 5.74) is 3.29. The van der Waals surface area contributed by atoms with Gasteiger partial charge in [0.05, 0.1) is 29.5 Å². The maximum atomic E-state index is 13.2. The van der Waals surface area contributed by atoms with Crippen molar-refractivity contribution in [2.75, 3.05) is 5.75 Å². The van der Waals surface area contributed by atoms with E-state index in [2.05, 4.69) is 21.7 Å². The van der Waals surface area contributed by atoms with Crippen molar-refractivity contribution in [1.82, 2.24) is 23.7 Å². The molecule has 0 spiro atoms. The number of carbonyl (C=O) groups is 1. The van der Waals surface area contributed by atoms with Gasteiger partial charge in [-0.15, -0.1) is 10.2 Å². The zero-order valence-electron chi connectivity index (χ0n) is 20.0. The van der Waals surface area contributed by atoms with Crippen LogP contribution in [0.3, 0.4) is 0 Å². The summed E-state index contributed by atoms with van der Waals surface area (Å²) in [4.78, 5) is 26.3. The molecule has 0 bridgehead atoms. The van der Waals surface area contributed by atoms with Gasteiger partial charge in [0.2, 0.25) is 5.78 Å². The molecule has 5 aromatic rings. The zero-order valence-corrected chi connectivity index (χ0v) is 20.8. The highest BCUT2D eigenvalue weighted by molar-refractivity contribution is 7.99. The molecule has 0 N–H and O–H groups in total. The number of unbranched alkanes of at least 4 members (excludes halogenated alkanes) is 1. The lowest BCUT2D eigenvalue weighted by Gasteiger charge is -2.10. The van der Waals surface area contributed by atoms with Crippen LogP contribution in [0.4, 0.5) is 0 Å². The third-order valence-electron chi connectivity index (χ3n) is 6.31. The fraction of sp³-hybridized carbons (Fsp3) is 0.308. The van der Waals surface area contributed by atoms with Crippen molar-refractivity contribution in [2.45, 2.75) is 51.9 Å². The van der Waals surface area contributed by atoms with Crippen molar-refractivity contribution >= 4 is 34.2 Å². The van der Waals surface area contributed by atoms with Gasteiger partial charge in [0.15, 0.2) is 10.9 Å². The maximum absolute atomic E-state index is 13.2. The van der Waals surface area contributed by atoms with Gasteiger partial charge >= 0.3 is 0 Å². The van der Waals surface area contributed by atoms with Gasteiger partial charge in [0, 0.05) is 23.5 Å². The summed E-state index contributed by atoms with van der Waals surface area (Å²) in [6.07, 6.45) is 3.49. The van der Waals surface area contributed by atoms with Gasteiger partial charge < -0.3 is 8.98 Å². The highest BCUT2D eigenvalue weighted by Crippen LogP contribution is 2.24. The molecule has 0 amide bonds. The van der Waals surface area contributed by atoms with Crippen LogP contribution in [0.25, 0.3) is 16.7 Å². The molecule has 0 aliphatic carbocycles. The minimum atomic E-state index is -0.0643. The first kappa shape index (κ1) is 23.2. The average Bonchev–Trinajstić information content (AvgIpc) is 3.59. The van der Waals surface area contributed by atoms with Gasteiger partial charge in [-0.3, -0.25) is 18.6 Å². The van der Waals surface area contributed by atoms with Crippen LogP contribution in [-0.4, -0.2) is 35.3 Å². The standard InChI is InChI=1S/C26H27N5O3S/c1-4-5-12-29-24(33)20-10-6-7-11-22(20)31-25(29)27-28-26(31)35-16-23(32)21-14-17(2)30(18(21)3)15-19-9-8-13-34-19/h6-11,13-14H,4-5,12,15-16H2,1-3H3. The number of rotatable bonds is 9. The Morgan fingerprint density at radius 1 is 1.09 bits per heavy atom. The molecular formula is C26H27N5O3S. The van der Waals surface area contributed by atoms with Gasteiger partial charge in [-0.1, -0.05) is 37.2 Å². The van der Waals surface area contributed by atoms with Gasteiger partial charge in [0.25, 0.3) is 5.56 Å². The number of fused-ring (bicyclic) bond motifs is 3. The lowest BCUT2D eigenvalue weighted by atomic mass is 10.2. The fourth-order valence-corrected chi connectivity index (χ4v) is 5.26. The summed E-state index contributed by atoms with van der Waals surface area (Å²) in [6.45, 7) is 7.20. The fourth-order valence-electron chi connectivity index (χ4n) is 4.44. The van der Waals surface area contributed by atoms with Crippen LogP contribution in [0.5, 0.6) is 0 Å². The van der Waals surface area contributed by atoms with Crippen LogP contribution in [-0.2, 0) is 13.1 Å². The predicted molar refractivity (Wildman–Crippen MR) is 136 cm³/mol. The number of furan rings is 1. The minimum absolute atomic E-state index is 0.0224. The van der Waals surface area contributed by atoms with Crippen molar-refractivity contribution in [3.63, 3.8) is 0 Å². The molecule has 1 aromatic carbocycles. The van der Waals surface area contributed by atoms with Crippen LogP contribution in [0.15, 0.2) is 63.1 Å². The SMILES string of the molecule is CCCCn1c(=O)c2ccccc2n2c(SCC(=O)c3cc(C)n(Cc4ccco4)c3C)nnc12. The summed E-state index contributed by atoms with van der Waals surface area (Å²) >= 11 is 1.34. The van der Waals surface area contributed by atoms with Crippen LogP contribution >= 0.6 is 11.8 Å². The second-order valence-corrected chi connectivity index (χ2v) is 9.55. The molecule has 35 heavy (non-hydrogen) atoms. The number of benzene rings is 1. The Morgan fingerprint density at radius 2 is 1.91 bits per heavy atom. The Balaban J connectivity index is 1.46. The quantitative estimate of drug-likeness (QED) is 0.217. The second kappa shape index (κ2) is 9.58. The third-order valence-corrected chi connectivity index (χ3v) is 7.24. The van der Waals surface area contributed by atoms with E-state index < -0.39 is 0 Å². The van der Waals surface area contributed by atoms with E-state index in [0.717, 1.165) is 35.5 Å². The Bertz CT molecular complexity index is 1580. The Kier molecular flexibility index (Phi) is 6.34. The second-order valence-electron chi connectivity index (χ2n) is 8.61. The maximum Gasteiger partial charge on any atom is 0.262 e. The minimum Gasteiger partial charge on any atom is -0.467 e. The molecule has 4 heterocycles. The number of ketones is 1. The average molecular weight is 490 g/mol. The molecule has 9 heteroatoms. The Hall–Kier alpha value is -3.59. The van der Waals surface area contributed by atoms with E-state index in [1.807, 2.05) is 60.7 Å². The van der Waals surface area contributed by atoms with Crippen molar-refractivity contribution < 1.29 is 9.21 Å². The first-order valence-electron chi connectivity index (χ1n) is 11.7. The number of Topliss-reactive ketones (excluding diaryl/α,β-unsaturated/α-hetero) is 1. The molecule has 8 nitrogen and oxygen atoms in total. The molecule has 5 rings (SSSR count). The van der Waals surface area contributed by atoms with E-state index in [4.69, 9.17) is 4.42 Å². The van der Waals surface area contributed by atoms with E-state index in [9.17, 15) is 9.59 Å². The molecular weight excluding hydrogens is 462 g/mol. The zero-order chi connectivity index (χ0) is 24.5. The molecule has 0 atom stereocenters. The molecule has 0 aliphatic rings. The van der Waals surface area contributed by atoms with Crippen molar-refractivity contribution in [1.29, 1.82) is 0 Å². The van der Waals surface area contributed by atoms with Crippen LogP contribution in [0.1, 0.15) is 47.3 Å². The van der Waals surface area contributed by atoms with Crippen LogP contribution in [0.2, 0.25) is 0 Å². The normalized spacial score (nSPS) is 11.6. The van der Waals surface area contributed by atoms with Crippen LogP contribution in [0, 0.1) is 13.8 Å². The number of para-hydroxylation sites is 1. The molecule has 0 saturated carbocycles. The largest absolute Gasteiger partial charge is 0.467 e. The van der Waals surface area contributed by atoms with E-state index in [0.29, 0.717) is 35.0 Å². The summed E-state index contributed by atoms with van der Waals surface area (Å²) in [7, 11) is 0. The van der Waals surface area contributed by atoms with Crippen LogP contribution < -0.4 is 5.56 Å². The summed E-state index contributed by atoms with van der Waals surface area (Å²) in [5.74, 6) is 1.59. The molecule has 0 aliphatic heterocycles. The van der Waals surface area contributed by atoms with Crippen molar-refractivity contribution in [2.24, 2.45) is 0 Å². The van der Waals surface area contributed by atoms with Crippen molar-refractivity contribution in [3.8, 4) is 0 Å². The molecule has 0 fully saturated rings. The summed E-state index contributed by atoms with van der Waals surface area (Å²) < 4.78 is 11.1. The predicted octanol–water partition coefficient (Wildman–Crippen LogP) is 4.88. The number of hydrogen-bond acceptors (Lipinski definition) is 6. The molecule has 0 radical (unpaired) electrons.